The van der Waals surface area contributed by atoms with Gasteiger partial charge in [-0.3, -0.25) is 4.79 Å². The summed E-state index contributed by atoms with van der Waals surface area (Å²) in [6.45, 7) is 5.90. The van der Waals surface area contributed by atoms with Gasteiger partial charge < -0.3 is 10.1 Å². The molecule has 0 aliphatic heterocycles. The Morgan fingerprint density at radius 3 is 2.52 bits per heavy atom. The Balaban J connectivity index is 2.09. The third kappa shape index (κ3) is 4.72. The number of nitrogens with one attached hydrogen (secondary N) is 1. The number of ether oxygens (including phenoxy) is 1. The molecule has 2 rings (SSSR count). The minimum atomic E-state index is -0.632. The smallest absolute Gasteiger partial charge is 0.265 e. The molecular formula is C18H19BrClNO2. The maximum Gasteiger partial charge on any atom is 0.265 e. The highest BCUT2D eigenvalue weighted by Gasteiger charge is 2.18. The Morgan fingerprint density at radius 1 is 1.17 bits per heavy atom. The van der Waals surface area contributed by atoms with Crippen molar-refractivity contribution in [1.82, 2.24) is 0 Å². The van der Waals surface area contributed by atoms with E-state index in [0.29, 0.717) is 21.2 Å². The van der Waals surface area contributed by atoms with E-state index in [9.17, 15) is 4.79 Å². The highest BCUT2D eigenvalue weighted by molar-refractivity contribution is 9.10. The second kappa shape index (κ2) is 7.84. The molecule has 2 aromatic carbocycles. The molecule has 0 saturated heterocycles. The summed E-state index contributed by atoms with van der Waals surface area (Å²) in [5.41, 5.74) is 1.92. The molecule has 0 saturated carbocycles. The molecule has 0 fully saturated rings. The number of para-hydroxylation sites is 1. The third-order valence-electron chi connectivity index (χ3n) is 3.41. The Hall–Kier alpha value is -1.52. The number of carbonyl (C=O) groups excluding carboxylic acids is 1. The number of hydrogen-bond acceptors (Lipinski definition) is 2. The van der Waals surface area contributed by atoms with Gasteiger partial charge in [0.2, 0.25) is 0 Å². The van der Waals surface area contributed by atoms with Crippen LogP contribution in [-0.4, -0.2) is 12.0 Å². The van der Waals surface area contributed by atoms with E-state index < -0.39 is 6.10 Å². The third-order valence-corrected chi connectivity index (χ3v) is 4.26. The summed E-state index contributed by atoms with van der Waals surface area (Å²) in [6, 6.07) is 13.0. The molecule has 1 amide bonds. The summed E-state index contributed by atoms with van der Waals surface area (Å²) in [5.74, 6) is 0.710. The summed E-state index contributed by atoms with van der Waals surface area (Å²) in [5, 5.41) is 3.54. The van der Waals surface area contributed by atoms with Crippen molar-refractivity contribution in [3.8, 4) is 5.75 Å². The molecule has 0 heterocycles. The molecule has 5 heteroatoms. The summed E-state index contributed by atoms with van der Waals surface area (Å²) in [6.07, 6.45) is -0.632. The van der Waals surface area contributed by atoms with Crippen LogP contribution in [0.4, 0.5) is 5.69 Å². The molecular weight excluding hydrogens is 378 g/mol. The lowest BCUT2D eigenvalue weighted by Gasteiger charge is -2.18. The summed E-state index contributed by atoms with van der Waals surface area (Å²) < 4.78 is 6.43. The molecule has 1 unspecified atom stereocenters. The predicted octanol–water partition coefficient (Wildman–Crippen LogP) is 5.63. The van der Waals surface area contributed by atoms with Crippen LogP contribution in [0.1, 0.15) is 32.3 Å². The van der Waals surface area contributed by atoms with E-state index >= 15 is 0 Å². The van der Waals surface area contributed by atoms with Crippen molar-refractivity contribution in [2.75, 3.05) is 5.32 Å². The molecule has 0 spiro atoms. The van der Waals surface area contributed by atoms with Crippen LogP contribution >= 0.6 is 27.5 Å². The number of benzene rings is 2. The van der Waals surface area contributed by atoms with Crippen molar-refractivity contribution in [3.05, 3.63) is 57.5 Å². The van der Waals surface area contributed by atoms with Crippen molar-refractivity contribution in [3.63, 3.8) is 0 Å². The number of carbonyl (C=O) groups is 1. The number of anilines is 1. The lowest BCUT2D eigenvalue weighted by atomic mass is 10.0. The molecule has 0 aliphatic rings. The van der Waals surface area contributed by atoms with E-state index in [1.807, 2.05) is 24.3 Å². The Bertz CT molecular complexity index is 703. The highest BCUT2D eigenvalue weighted by atomic mass is 79.9. The standard InChI is InChI=1S/C18H19BrClNO2/c1-11(2)14-6-4-5-7-16(14)21-18(22)12(3)23-17-9-8-13(20)10-15(17)19/h4-12H,1-3H3,(H,21,22). The average Bonchev–Trinajstić information content (AvgIpc) is 2.50. The van der Waals surface area contributed by atoms with E-state index in [2.05, 4.69) is 35.1 Å². The first kappa shape index (κ1) is 17.8. The predicted molar refractivity (Wildman–Crippen MR) is 98.4 cm³/mol. The van der Waals surface area contributed by atoms with Crippen LogP contribution in [0, 0.1) is 0 Å². The maximum absolute atomic E-state index is 12.4. The van der Waals surface area contributed by atoms with Crippen LogP contribution in [0.2, 0.25) is 5.02 Å². The number of amides is 1. The quantitative estimate of drug-likeness (QED) is 0.711. The first-order valence-electron chi connectivity index (χ1n) is 7.40. The van der Waals surface area contributed by atoms with Crippen LogP contribution in [-0.2, 0) is 4.79 Å². The second-order valence-corrected chi connectivity index (χ2v) is 6.86. The Kier molecular flexibility index (Phi) is 6.08. The van der Waals surface area contributed by atoms with Crippen molar-refractivity contribution in [2.24, 2.45) is 0 Å². The summed E-state index contributed by atoms with van der Waals surface area (Å²) in [4.78, 5) is 12.4. The van der Waals surface area contributed by atoms with Gasteiger partial charge in [0.25, 0.3) is 5.91 Å². The molecule has 23 heavy (non-hydrogen) atoms. The maximum atomic E-state index is 12.4. The minimum Gasteiger partial charge on any atom is -0.480 e. The van der Waals surface area contributed by atoms with Crippen LogP contribution < -0.4 is 10.1 Å². The monoisotopic (exact) mass is 395 g/mol. The molecule has 2 aromatic rings. The van der Waals surface area contributed by atoms with Gasteiger partial charge in [-0.25, -0.2) is 0 Å². The zero-order valence-corrected chi connectivity index (χ0v) is 15.6. The second-order valence-electron chi connectivity index (χ2n) is 5.57. The molecule has 1 N–H and O–H groups in total. The van der Waals surface area contributed by atoms with Crippen molar-refractivity contribution >= 4 is 39.1 Å². The van der Waals surface area contributed by atoms with Crippen LogP contribution in [0.5, 0.6) is 5.75 Å². The van der Waals surface area contributed by atoms with Gasteiger partial charge in [-0.05, 0) is 58.6 Å². The number of rotatable bonds is 5. The van der Waals surface area contributed by atoms with Crippen LogP contribution in [0.15, 0.2) is 46.9 Å². The fourth-order valence-corrected chi connectivity index (χ4v) is 2.94. The molecule has 1 atom stereocenters. The summed E-state index contributed by atoms with van der Waals surface area (Å²) in [7, 11) is 0. The molecule has 0 bridgehead atoms. The molecule has 122 valence electrons. The number of hydrogen-bond donors (Lipinski definition) is 1. The Labute approximate surface area is 150 Å². The fraction of sp³-hybridized carbons (Fsp3) is 0.278. The minimum absolute atomic E-state index is 0.194. The van der Waals surface area contributed by atoms with Gasteiger partial charge in [0.15, 0.2) is 6.10 Å². The van der Waals surface area contributed by atoms with Gasteiger partial charge in [-0.15, -0.1) is 0 Å². The van der Waals surface area contributed by atoms with Crippen molar-refractivity contribution in [1.29, 1.82) is 0 Å². The lowest BCUT2D eigenvalue weighted by molar-refractivity contribution is -0.122. The largest absolute Gasteiger partial charge is 0.480 e. The van der Waals surface area contributed by atoms with Gasteiger partial charge >= 0.3 is 0 Å². The SMILES string of the molecule is CC(Oc1ccc(Cl)cc1Br)C(=O)Nc1ccccc1C(C)C. The van der Waals surface area contributed by atoms with Crippen molar-refractivity contribution < 1.29 is 9.53 Å². The summed E-state index contributed by atoms with van der Waals surface area (Å²) >= 11 is 9.29. The van der Waals surface area contributed by atoms with Crippen molar-refractivity contribution in [2.45, 2.75) is 32.8 Å². The number of halogens is 2. The van der Waals surface area contributed by atoms with Gasteiger partial charge in [-0.2, -0.15) is 0 Å². The van der Waals surface area contributed by atoms with E-state index in [1.165, 1.54) is 0 Å². The zero-order valence-electron chi connectivity index (χ0n) is 13.3. The lowest BCUT2D eigenvalue weighted by Crippen LogP contribution is -2.30. The molecule has 0 aliphatic carbocycles. The first-order chi connectivity index (χ1) is 10.9. The molecule has 3 nitrogen and oxygen atoms in total. The zero-order chi connectivity index (χ0) is 17.0. The van der Waals surface area contributed by atoms with Gasteiger partial charge in [0, 0.05) is 10.7 Å². The average molecular weight is 397 g/mol. The van der Waals surface area contributed by atoms with Crippen LogP contribution in [0.3, 0.4) is 0 Å². The van der Waals surface area contributed by atoms with Gasteiger partial charge in [0.1, 0.15) is 5.75 Å². The molecule has 0 radical (unpaired) electrons. The van der Waals surface area contributed by atoms with Gasteiger partial charge in [0.05, 0.1) is 4.47 Å². The topological polar surface area (TPSA) is 38.3 Å². The van der Waals surface area contributed by atoms with E-state index in [4.69, 9.17) is 16.3 Å². The normalized spacial score (nSPS) is 12.1. The van der Waals surface area contributed by atoms with E-state index in [0.717, 1.165) is 11.3 Å². The first-order valence-corrected chi connectivity index (χ1v) is 8.57. The van der Waals surface area contributed by atoms with E-state index in [-0.39, 0.29) is 5.91 Å². The fourth-order valence-electron chi connectivity index (χ4n) is 2.16. The molecule has 0 aromatic heterocycles. The van der Waals surface area contributed by atoms with E-state index in [1.54, 1.807) is 25.1 Å². The van der Waals surface area contributed by atoms with Gasteiger partial charge in [-0.1, -0.05) is 43.6 Å². The highest BCUT2D eigenvalue weighted by Crippen LogP contribution is 2.29. The van der Waals surface area contributed by atoms with Crippen LogP contribution in [0.25, 0.3) is 0 Å². The Morgan fingerprint density at radius 2 is 1.87 bits per heavy atom.